The molecule has 45 heavy (non-hydrogen) atoms. The van der Waals surface area contributed by atoms with Crippen LogP contribution in [0.4, 0.5) is 15.8 Å². The number of pyridine rings is 1. The molecule has 2 saturated heterocycles. The topological polar surface area (TPSA) is 97.9 Å². The molecule has 2 amide bonds. The molecule has 6 heterocycles. The SMILES string of the molecule is C=CC(=O)N1C[C@@H]2C(=O)N3C[C@H]([C@@H]4CCCN4C)Oc4nc5c(F)c(-c6c(C)ccc7[nH]ncc67)c(Cl)cc5c(c43)N2C[C@H]1C. The van der Waals surface area contributed by atoms with Crippen LogP contribution in [0.2, 0.25) is 5.02 Å². The molecule has 2 fully saturated rings. The highest BCUT2D eigenvalue weighted by atomic mass is 35.5. The molecule has 4 aromatic rings. The highest BCUT2D eigenvalue weighted by Crippen LogP contribution is 2.52. The summed E-state index contributed by atoms with van der Waals surface area (Å²) in [6.45, 7) is 9.34. The summed E-state index contributed by atoms with van der Waals surface area (Å²) in [5.74, 6) is -0.678. The van der Waals surface area contributed by atoms with Crippen LogP contribution >= 0.6 is 11.6 Å². The van der Waals surface area contributed by atoms with Gasteiger partial charge < -0.3 is 19.4 Å². The molecule has 0 spiro atoms. The number of aromatic amines is 1. The van der Waals surface area contributed by atoms with Crippen LogP contribution in [0.1, 0.15) is 25.3 Å². The monoisotopic (exact) mass is 629 g/mol. The average Bonchev–Trinajstić information content (AvgIpc) is 3.68. The second-order valence-corrected chi connectivity index (χ2v) is 13.1. The second kappa shape index (κ2) is 10.1. The molecule has 0 bridgehead atoms. The van der Waals surface area contributed by atoms with Crippen molar-refractivity contribution >= 4 is 56.6 Å². The number of hydrogen-bond donors (Lipinski definition) is 1. The van der Waals surface area contributed by atoms with Gasteiger partial charge in [0.2, 0.25) is 11.8 Å². The lowest BCUT2D eigenvalue weighted by atomic mass is 9.92. The minimum absolute atomic E-state index is 0.0853. The van der Waals surface area contributed by atoms with Gasteiger partial charge in [-0.15, -0.1) is 0 Å². The summed E-state index contributed by atoms with van der Waals surface area (Å²) < 4.78 is 23.7. The standard InChI is InChI=1S/C33H33ClFN7O3/c1-5-25(43)40-14-23-33(44)42-15-24(22-7-6-10-39(22)4)45-32-31(42)30(41(23)13-17(40)3)18-11-20(34)27(28(35)29(18)37-32)26-16(2)8-9-21-19(26)12-36-38-21/h5,8-9,11-12,17,22-24H,1,6-7,10,13-15H2,2-4H3,(H,36,38)/t17-,22+,23-,24-/m1/s1. The van der Waals surface area contributed by atoms with E-state index in [1.165, 1.54) is 6.08 Å². The number of aryl methyl sites for hydroxylation is 1. The van der Waals surface area contributed by atoms with Crippen molar-refractivity contribution in [1.82, 2.24) is 25.0 Å². The maximum Gasteiger partial charge on any atom is 0.251 e. The van der Waals surface area contributed by atoms with E-state index in [2.05, 4.69) is 28.7 Å². The lowest BCUT2D eigenvalue weighted by Crippen LogP contribution is -2.67. The van der Waals surface area contributed by atoms with Crippen molar-refractivity contribution in [3.63, 3.8) is 0 Å². The zero-order valence-electron chi connectivity index (χ0n) is 25.3. The van der Waals surface area contributed by atoms with Gasteiger partial charge >= 0.3 is 0 Å². The summed E-state index contributed by atoms with van der Waals surface area (Å²) in [6.07, 6.45) is 4.57. The zero-order valence-corrected chi connectivity index (χ0v) is 26.1. The highest BCUT2D eigenvalue weighted by molar-refractivity contribution is 6.35. The Labute approximate surface area is 264 Å². The Morgan fingerprint density at radius 1 is 1.20 bits per heavy atom. The fraction of sp³-hybridized carbons (Fsp3) is 0.394. The van der Waals surface area contributed by atoms with E-state index in [1.807, 2.05) is 30.9 Å². The number of hydrogen-bond acceptors (Lipinski definition) is 7. The van der Waals surface area contributed by atoms with E-state index in [1.54, 1.807) is 22.1 Å². The number of likely N-dealkylation sites (tertiary alicyclic amines) is 1. The van der Waals surface area contributed by atoms with Crippen LogP contribution in [0.25, 0.3) is 32.9 Å². The molecule has 2 aromatic carbocycles. The molecule has 0 aliphatic carbocycles. The van der Waals surface area contributed by atoms with Gasteiger partial charge in [-0.25, -0.2) is 9.37 Å². The van der Waals surface area contributed by atoms with Gasteiger partial charge in [-0.05, 0) is 64.1 Å². The quantitative estimate of drug-likeness (QED) is 0.329. The number of carbonyl (C=O) groups excluding carboxylic acids is 2. The number of H-pyrrole nitrogens is 1. The first-order chi connectivity index (χ1) is 21.7. The minimum Gasteiger partial charge on any atom is -0.469 e. The van der Waals surface area contributed by atoms with Gasteiger partial charge in [-0.3, -0.25) is 19.6 Å². The molecule has 4 atom stereocenters. The number of nitrogens with one attached hydrogen (secondary N) is 1. The second-order valence-electron chi connectivity index (χ2n) is 12.7. The molecule has 2 aromatic heterocycles. The van der Waals surface area contributed by atoms with Crippen molar-refractivity contribution < 1.29 is 18.7 Å². The summed E-state index contributed by atoms with van der Waals surface area (Å²) in [5, 5.41) is 8.62. The predicted molar refractivity (Wildman–Crippen MR) is 171 cm³/mol. The number of carbonyl (C=O) groups is 2. The highest BCUT2D eigenvalue weighted by Gasteiger charge is 2.50. The summed E-state index contributed by atoms with van der Waals surface area (Å²) in [4.78, 5) is 39.6. The van der Waals surface area contributed by atoms with Crippen molar-refractivity contribution in [2.75, 3.05) is 43.0 Å². The molecule has 0 radical (unpaired) electrons. The van der Waals surface area contributed by atoms with Crippen molar-refractivity contribution in [2.45, 2.75) is 50.9 Å². The van der Waals surface area contributed by atoms with Crippen LogP contribution in [0.15, 0.2) is 37.1 Å². The summed E-state index contributed by atoms with van der Waals surface area (Å²) in [5.41, 5.74) is 3.81. The number of benzene rings is 2. The smallest absolute Gasteiger partial charge is 0.251 e. The van der Waals surface area contributed by atoms with Crippen LogP contribution in [0.5, 0.6) is 5.88 Å². The van der Waals surface area contributed by atoms with Crippen LogP contribution in [-0.2, 0) is 9.59 Å². The average molecular weight is 630 g/mol. The maximum absolute atomic E-state index is 17.1. The Bertz CT molecular complexity index is 1940. The Kier molecular flexibility index (Phi) is 6.37. The van der Waals surface area contributed by atoms with Gasteiger partial charge in [-0.1, -0.05) is 24.2 Å². The molecule has 1 N–H and O–H groups in total. The molecule has 232 valence electrons. The Hall–Kier alpha value is -4.22. The van der Waals surface area contributed by atoms with Gasteiger partial charge in [0.1, 0.15) is 23.3 Å². The number of amides is 2. The third kappa shape index (κ3) is 4.02. The van der Waals surface area contributed by atoms with E-state index in [-0.39, 0.29) is 58.5 Å². The van der Waals surface area contributed by atoms with Gasteiger partial charge in [0.25, 0.3) is 5.91 Å². The molecule has 4 aliphatic rings. The zero-order chi connectivity index (χ0) is 31.3. The fourth-order valence-corrected chi connectivity index (χ4v) is 8.17. The first-order valence-corrected chi connectivity index (χ1v) is 15.7. The van der Waals surface area contributed by atoms with Gasteiger partial charge in [-0.2, -0.15) is 5.10 Å². The number of ether oxygens (including phenoxy) is 1. The van der Waals surface area contributed by atoms with E-state index < -0.39 is 11.9 Å². The van der Waals surface area contributed by atoms with Crippen LogP contribution < -0.4 is 14.5 Å². The van der Waals surface area contributed by atoms with Crippen molar-refractivity contribution in [2.24, 2.45) is 0 Å². The van der Waals surface area contributed by atoms with Crippen LogP contribution in [0.3, 0.4) is 0 Å². The van der Waals surface area contributed by atoms with E-state index in [0.29, 0.717) is 35.4 Å². The number of piperazine rings is 1. The predicted octanol–water partition coefficient (Wildman–Crippen LogP) is 4.67. The maximum atomic E-state index is 17.1. The van der Waals surface area contributed by atoms with E-state index in [0.717, 1.165) is 35.9 Å². The molecular formula is C33H33ClFN7O3. The number of rotatable bonds is 3. The summed E-state index contributed by atoms with van der Waals surface area (Å²) >= 11 is 6.99. The number of nitrogens with zero attached hydrogens (tertiary/aromatic N) is 6. The number of anilines is 2. The van der Waals surface area contributed by atoms with Crippen molar-refractivity contribution in [3.8, 4) is 17.0 Å². The summed E-state index contributed by atoms with van der Waals surface area (Å²) in [6, 6.07) is 4.76. The van der Waals surface area contributed by atoms with Gasteiger partial charge in [0, 0.05) is 40.5 Å². The largest absolute Gasteiger partial charge is 0.469 e. The molecule has 12 heteroatoms. The number of halogens is 2. The van der Waals surface area contributed by atoms with Gasteiger partial charge in [0.05, 0.1) is 35.5 Å². The normalized spacial score (nSPS) is 24.6. The lowest BCUT2D eigenvalue weighted by molar-refractivity contribution is -0.131. The first-order valence-electron chi connectivity index (χ1n) is 15.3. The Morgan fingerprint density at radius 2 is 2.02 bits per heavy atom. The minimum atomic E-state index is -0.667. The van der Waals surface area contributed by atoms with E-state index in [4.69, 9.17) is 21.3 Å². The molecule has 0 saturated carbocycles. The molecule has 10 nitrogen and oxygen atoms in total. The first kappa shape index (κ1) is 28.3. The molecular weight excluding hydrogens is 597 g/mol. The molecule has 8 rings (SSSR count). The van der Waals surface area contributed by atoms with E-state index >= 15 is 4.39 Å². The van der Waals surface area contributed by atoms with Gasteiger partial charge in [0.15, 0.2) is 5.82 Å². The number of aromatic nitrogens is 3. The lowest BCUT2D eigenvalue weighted by Gasteiger charge is -2.52. The van der Waals surface area contributed by atoms with Crippen molar-refractivity contribution in [1.29, 1.82) is 0 Å². The Morgan fingerprint density at radius 3 is 2.78 bits per heavy atom. The molecule has 0 unspecified atom stereocenters. The number of fused-ring (bicyclic) bond motifs is 5. The van der Waals surface area contributed by atoms with Crippen LogP contribution in [-0.4, -0.2) is 94.3 Å². The van der Waals surface area contributed by atoms with E-state index in [9.17, 15) is 9.59 Å². The molecule has 4 aliphatic heterocycles. The third-order valence-corrected chi connectivity index (χ3v) is 10.4. The number of likely N-dealkylation sites (N-methyl/N-ethyl adjacent to an activating group) is 1. The fourth-order valence-electron chi connectivity index (χ4n) is 7.88. The van der Waals surface area contributed by atoms with Crippen LogP contribution in [0, 0.1) is 12.7 Å². The van der Waals surface area contributed by atoms with Crippen molar-refractivity contribution in [3.05, 3.63) is 53.5 Å². The Balaban J connectivity index is 1.38. The third-order valence-electron chi connectivity index (χ3n) is 10.1. The summed E-state index contributed by atoms with van der Waals surface area (Å²) in [7, 11) is 2.06.